The molecule has 0 spiro atoms. The second kappa shape index (κ2) is 8.78. The molecule has 3 rings (SSSR count). The number of benzene rings is 1. The maximum atomic E-state index is 12.9. The average Bonchev–Trinajstić information content (AvgIpc) is 2.84. The van der Waals surface area contributed by atoms with E-state index in [1.165, 1.54) is 5.56 Å². The van der Waals surface area contributed by atoms with Crippen LogP contribution in [0.3, 0.4) is 0 Å². The van der Waals surface area contributed by atoms with Crippen molar-refractivity contribution in [2.75, 3.05) is 32.8 Å². The fourth-order valence-corrected chi connectivity index (χ4v) is 3.20. The average molecular weight is 355 g/mol. The second-order valence-corrected chi connectivity index (χ2v) is 6.41. The molecular weight excluding hydrogens is 330 g/mol. The zero-order valence-corrected chi connectivity index (χ0v) is 15.0. The van der Waals surface area contributed by atoms with Crippen molar-refractivity contribution in [1.82, 2.24) is 14.8 Å². The molecule has 1 amide bonds. The highest BCUT2D eigenvalue weighted by Gasteiger charge is 2.27. The molecule has 0 radical (unpaired) electrons. The molecule has 0 saturated carbocycles. The number of hydrogen-bond donors (Lipinski definition) is 1. The predicted molar refractivity (Wildman–Crippen MR) is 99.0 cm³/mol. The molecule has 1 aromatic heterocycles. The summed E-state index contributed by atoms with van der Waals surface area (Å²) in [7, 11) is 0. The van der Waals surface area contributed by atoms with Gasteiger partial charge in [0.25, 0.3) is 5.91 Å². The van der Waals surface area contributed by atoms with Gasteiger partial charge in [-0.2, -0.15) is 0 Å². The lowest BCUT2D eigenvalue weighted by atomic mass is 10.2. The number of aromatic nitrogens is 1. The Morgan fingerprint density at radius 2 is 2.00 bits per heavy atom. The van der Waals surface area contributed by atoms with E-state index in [4.69, 9.17) is 4.74 Å². The fraction of sp³-hybridized carbons (Fsp3) is 0.400. The standard InChI is InChI=1S/C20H25N3O3/c1-2-26-19-18(9-6-10-21-19)20(25)23-12-11-22(14-17(24)15-23)13-16-7-4-3-5-8-16/h3-10,17,24H,2,11-15H2,1H3. The molecule has 2 aromatic rings. The zero-order chi connectivity index (χ0) is 18.4. The summed E-state index contributed by atoms with van der Waals surface area (Å²) in [6.45, 7) is 5.20. The van der Waals surface area contributed by atoms with Gasteiger partial charge in [0, 0.05) is 38.9 Å². The number of hydrogen-bond acceptors (Lipinski definition) is 5. The van der Waals surface area contributed by atoms with E-state index < -0.39 is 6.10 Å². The number of nitrogens with zero attached hydrogens (tertiary/aromatic N) is 3. The minimum atomic E-state index is -0.586. The monoisotopic (exact) mass is 355 g/mol. The normalized spacial score (nSPS) is 18.4. The summed E-state index contributed by atoms with van der Waals surface area (Å²) in [5, 5.41) is 10.4. The maximum absolute atomic E-state index is 12.9. The van der Waals surface area contributed by atoms with Crippen molar-refractivity contribution >= 4 is 5.91 Å². The van der Waals surface area contributed by atoms with Gasteiger partial charge in [0.2, 0.25) is 5.88 Å². The molecule has 1 fully saturated rings. The minimum absolute atomic E-state index is 0.151. The Balaban J connectivity index is 1.69. The lowest BCUT2D eigenvalue weighted by Gasteiger charge is -2.22. The number of amides is 1. The van der Waals surface area contributed by atoms with Crippen molar-refractivity contribution in [1.29, 1.82) is 0 Å². The van der Waals surface area contributed by atoms with Gasteiger partial charge in [0.05, 0.1) is 12.7 Å². The van der Waals surface area contributed by atoms with E-state index in [-0.39, 0.29) is 5.91 Å². The molecule has 6 heteroatoms. The van der Waals surface area contributed by atoms with E-state index in [9.17, 15) is 9.90 Å². The summed E-state index contributed by atoms with van der Waals surface area (Å²) in [5.74, 6) is 0.196. The van der Waals surface area contributed by atoms with Crippen molar-refractivity contribution in [3.05, 3.63) is 59.8 Å². The summed E-state index contributed by atoms with van der Waals surface area (Å²) < 4.78 is 5.48. The number of pyridine rings is 1. The van der Waals surface area contributed by atoms with Crippen LogP contribution in [0, 0.1) is 0 Å². The van der Waals surface area contributed by atoms with Gasteiger partial charge in [-0.1, -0.05) is 30.3 Å². The van der Waals surface area contributed by atoms with Gasteiger partial charge in [-0.25, -0.2) is 4.98 Å². The predicted octanol–water partition coefficient (Wildman–Crippen LogP) is 1.80. The smallest absolute Gasteiger partial charge is 0.259 e. The Morgan fingerprint density at radius 3 is 2.77 bits per heavy atom. The van der Waals surface area contributed by atoms with Crippen molar-refractivity contribution in [2.45, 2.75) is 19.6 Å². The number of aliphatic hydroxyl groups is 1. The van der Waals surface area contributed by atoms with E-state index in [1.54, 1.807) is 23.2 Å². The summed E-state index contributed by atoms with van der Waals surface area (Å²) >= 11 is 0. The third-order valence-corrected chi connectivity index (χ3v) is 4.41. The Labute approximate surface area is 154 Å². The van der Waals surface area contributed by atoms with Crippen LogP contribution in [0.1, 0.15) is 22.8 Å². The summed E-state index contributed by atoms with van der Waals surface area (Å²) in [6.07, 6.45) is 1.03. The molecule has 2 heterocycles. The molecule has 1 unspecified atom stereocenters. The molecule has 1 atom stereocenters. The largest absolute Gasteiger partial charge is 0.477 e. The number of carbonyl (C=O) groups excluding carboxylic acids is 1. The molecular formula is C20H25N3O3. The van der Waals surface area contributed by atoms with E-state index in [1.807, 2.05) is 25.1 Å². The van der Waals surface area contributed by atoms with Gasteiger partial charge in [0.1, 0.15) is 5.56 Å². The van der Waals surface area contributed by atoms with E-state index >= 15 is 0 Å². The quantitative estimate of drug-likeness (QED) is 0.886. The van der Waals surface area contributed by atoms with Crippen molar-refractivity contribution in [3.63, 3.8) is 0 Å². The van der Waals surface area contributed by atoms with Crippen LogP contribution in [-0.4, -0.2) is 64.7 Å². The highest BCUT2D eigenvalue weighted by atomic mass is 16.5. The SMILES string of the molecule is CCOc1ncccc1C(=O)N1CCN(Cc2ccccc2)CC(O)C1. The minimum Gasteiger partial charge on any atom is -0.477 e. The van der Waals surface area contributed by atoms with Gasteiger partial charge < -0.3 is 14.7 Å². The first kappa shape index (κ1) is 18.4. The highest BCUT2D eigenvalue weighted by molar-refractivity contribution is 5.96. The van der Waals surface area contributed by atoms with Crippen LogP contribution < -0.4 is 4.74 Å². The van der Waals surface area contributed by atoms with Gasteiger partial charge in [-0.3, -0.25) is 9.69 Å². The summed E-state index contributed by atoms with van der Waals surface area (Å²) in [5.41, 5.74) is 1.64. The van der Waals surface area contributed by atoms with Gasteiger partial charge in [-0.05, 0) is 24.6 Å². The van der Waals surface area contributed by atoms with Crippen LogP contribution in [0.4, 0.5) is 0 Å². The maximum Gasteiger partial charge on any atom is 0.259 e. The second-order valence-electron chi connectivity index (χ2n) is 6.41. The molecule has 26 heavy (non-hydrogen) atoms. The van der Waals surface area contributed by atoms with Gasteiger partial charge in [0.15, 0.2) is 0 Å². The molecule has 1 aliphatic rings. The van der Waals surface area contributed by atoms with Crippen molar-refractivity contribution in [3.8, 4) is 5.88 Å². The van der Waals surface area contributed by atoms with E-state index in [0.717, 1.165) is 6.54 Å². The molecule has 0 bridgehead atoms. The Kier molecular flexibility index (Phi) is 6.20. The Morgan fingerprint density at radius 1 is 1.19 bits per heavy atom. The Hall–Kier alpha value is -2.44. The third kappa shape index (κ3) is 4.59. The topological polar surface area (TPSA) is 65.9 Å². The highest BCUT2D eigenvalue weighted by Crippen LogP contribution is 2.18. The van der Waals surface area contributed by atoms with Gasteiger partial charge >= 0.3 is 0 Å². The first-order valence-electron chi connectivity index (χ1n) is 8.98. The molecule has 1 saturated heterocycles. The number of rotatable bonds is 5. The van der Waals surface area contributed by atoms with Crippen LogP contribution in [0.15, 0.2) is 48.7 Å². The van der Waals surface area contributed by atoms with Crippen LogP contribution >= 0.6 is 0 Å². The molecule has 1 aromatic carbocycles. The zero-order valence-electron chi connectivity index (χ0n) is 15.0. The van der Waals surface area contributed by atoms with Crippen molar-refractivity contribution < 1.29 is 14.6 Å². The number of carbonyl (C=O) groups is 1. The van der Waals surface area contributed by atoms with Crippen LogP contribution in [0.25, 0.3) is 0 Å². The first-order chi connectivity index (χ1) is 12.7. The van der Waals surface area contributed by atoms with Crippen molar-refractivity contribution in [2.24, 2.45) is 0 Å². The fourth-order valence-electron chi connectivity index (χ4n) is 3.20. The van der Waals surface area contributed by atoms with Crippen LogP contribution in [0.5, 0.6) is 5.88 Å². The lowest BCUT2D eigenvalue weighted by molar-refractivity contribution is 0.0658. The van der Waals surface area contributed by atoms with E-state index in [0.29, 0.717) is 44.2 Å². The molecule has 1 aliphatic heterocycles. The lowest BCUT2D eigenvalue weighted by Crippen LogP contribution is -2.38. The number of aliphatic hydroxyl groups excluding tert-OH is 1. The number of ether oxygens (including phenoxy) is 1. The molecule has 1 N–H and O–H groups in total. The molecule has 6 nitrogen and oxygen atoms in total. The third-order valence-electron chi connectivity index (χ3n) is 4.41. The van der Waals surface area contributed by atoms with Crippen LogP contribution in [0.2, 0.25) is 0 Å². The molecule has 0 aliphatic carbocycles. The molecule has 138 valence electrons. The van der Waals surface area contributed by atoms with Crippen LogP contribution in [-0.2, 0) is 6.54 Å². The Bertz CT molecular complexity index is 723. The van der Waals surface area contributed by atoms with E-state index in [2.05, 4.69) is 22.0 Å². The first-order valence-corrected chi connectivity index (χ1v) is 8.98. The van der Waals surface area contributed by atoms with Gasteiger partial charge in [-0.15, -0.1) is 0 Å². The number of β-amino-alcohol motifs (C(OH)–C–C–N with tert-alkyl or cyclic N) is 1. The summed E-state index contributed by atoms with van der Waals surface area (Å²) in [4.78, 5) is 21.0. The summed E-state index contributed by atoms with van der Waals surface area (Å²) in [6, 6.07) is 13.6.